The van der Waals surface area contributed by atoms with Crippen molar-refractivity contribution in [1.29, 1.82) is 5.26 Å². The number of rotatable bonds is 2. The fourth-order valence-corrected chi connectivity index (χ4v) is 4.90. The van der Waals surface area contributed by atoms with Crippen molar-refractivity contribution in [2.45, 2.75) is 32.1 Å². The maximum Gasteiger partial charge on any atom is 0.244 e. The molecule has 1 aromatic carbocycles. The van der Waals surface area contributed by atoms with E-state index < -0.39 is 5.41 Å². The van der Waals surface area contributed by atoms with Crippen LogP contribution >= 0.6 is 47.8 Å². The van der Waals surface area contributed by atoms with E-state index in [0.717, 1.165) is 32.7 Å². The van der Waals surface area contributed by atoms with Gasteiger partial charge in [-0.2, -0.15) is 5.26 Å². The molecular weight excluding hydrogens is 452 g/mol. The summed E-state index contributed by atoms with van der Waals surface area (Å²) >= 11 is 10.3. The van der Waals surface area contributed by atoms with Crippen LogP contribution in [0.5, 0.6) is 0 Å². The number of amides is 1. The van der Waals surface area contributed by atoms with Gasteiger partial charge in [-0.05, 0) is 56.8 Å². The molecule has 0 spiro atoms. The third-order valence-electron chi connectivity index (χ3n) is 3.60. The first kappa shape index (κ1) is 16.0. The van der Waals surface area contributed by atoms with E-state index in [0.29, 0.717) is 18.5 Å². The third kappa shape index (κ3) is 3.26. The summed E-state index contributed by atoms with van der Waals surface area (Å²) < 4.78 is 2.45. The maximum absolute atomic E-state index is 12.5. The lowest BCUT2D eigenvalue weighted by molar-refractivity contribution is -0.124. The largest absolute Gasteiger partial charge is 0.323 e. The van der Waals surface area contributed by atoms with Gasteiger partial charge in [0.05, 0.1) is 11.8 Å². The van der Waals surface area contributed by atoms with E-state index >= 15 is 0 Å². The average Bonchev–Trinajstić information content (AvgIpc) is 2.43. The van der Waals surface area contributed by atoms with Gasteiger partial charge in [-0.25, -0.2) is 0 Å². The van der Waals surface area contributed by atoms with E-state index in [-0.39, 0.29) is 5.91 Å². The van der Waals surface area contributed by atoms with Crippen molar-refractivity contribution in [2.75, 3.05) is 5.32 Å². The van der Waals surface area contributed by atoms with Crippen LogP contribution in [0.2, 0.25) is 0 Å². The highest BCUT2D eigenvalue weighted by Crippen LogP contribution is 2.39. The summed E-state index contributed by atoms with van der Waals surface area (Å²) in [6.07, 6.45) is 4.25. The number of hydrogen-bond acceptors (Lipinski definition) is 2. The minimum absolute atomic E-state index is 0.205. The lowest BCUT2D eigenvalue weighted by Gasteiger charge is -2.29. The van der Waals surface area contributed by atoms with Gasteiger partial charge in [0.2, 0.25) is 5.91 Å². The van der Waals surface area contributed by atoms with Gasteiger partial charge in [-0.1, -0.05) is 35.2 Å². The molecule has 1 fully saturated rings. The van der Waals surface area contributed by atoms with Crippen LogP contribution in [-0.4, -0.2) is 5.91 Å². The number of hydrogen-bond donors (Lipinski definition) is 1. The van der Waals surface area contributed by atoms with Crippen LogP contribution in [-0.2, 0) is 4.79 Å². The highest BCUT2D eigenvalue weighted by molar-refractivity contribution is 9.11. The Hall–Kier alpha value is -0.380. The molecule has 6 heteroatoms. The molecule has 0 aromatic heterocycles. The molecule has 0 heterocycles. The molecule has 0 saturated heterocycles. The number of carbonyl (C=O) groups is 1. The highest BCUT2D eigenvalue weighted by Gasteiger charge is 2.40. The van der Waals surface area contributed by atoms with Crippen molar-refractivity contribution in [3.8, 4) is 6.07 Å². The lowest BCUT2D eigenvalue weighted by Crippen LogP contribution is -2.37. The van der Waals surface area contributed by atoms with Gasteiger partial charge in [0, 0.05) is 13.4 Å². The second-order valence-corrected chi connectivity index (χ2v) is 7.58. The predicted molar refractivity (Wildman–Crippen MR) is 89.3 cm³/mol. The molecular formula is C14H13Br3N2O. The zero-order valence-electron chi connectivity index (χ0n) is 10.7. The fourth-order valence-electron chi connectivity index (χ4n) is 2.44. The summed E-state index contributed by atoms with van der Waals surface area (Å²) in [5.74, 6) is -0.205. The van der Waals surface area contributed by atoms with Crippen LogP contribution in [0, 0.1) is 16.7 Å². The van der Waals surface area contributed by atoms with Crippen LogP contribution in [0.25, 0.3) is 0 Å². The Labute approximate surface area is 143 Å². The molecule has 106 valence electrons. The Kier molecular flexibility index (Phi) is 5.27. The van der Waals surface area contributed by atoms with Crippen molar-refractivity contribution < 1.29 is 4.79 Å². The maximum atomic E-state index is 12.5. The molecule has 1 saturated carbocycles. The van der Waals surface area contributed by atoms with Gasteiger partial charge in [-0.15, -0.1) is 0 Å². The molecule has 1 aliphatic rings. The second-order valence-electron chi connectivity index (χ2n) is 4.95. The smallest absolute Gasteiger partial charge is 0.244 e. The summed E-state index contributed by atoms with van der Waals surface area (Å²) in [5, 5.41) is 12.3. The molecule has 0 atom stereocenters. The number of halogens is 3. The van der Waals surface area contributed by atoms with Crippen molar-refractivity contribution in [3.05, 3.63) is 25.6 Å². The summed E-state index contributed by atoms with van der Waals surface area (Å²) in [7, 11) is 0. The molecule has 1 N–H and O–H groups in total. The lowest BCUT2D eigenvalue weighted by atomic mass is 9.74. The van der Waals surface area contributed by atoms with Crippen LogP contribution in [0.1, 0.15) is 32.1 Å². The van der Waals surface area contributed by atoms with E-state index in [4.69, 9.17) is 0 Å². The first-order valence-corrected chi connectivity index (χ1v) is 8.74. The Morgan fingerprint density at radius 3 is 2.20 bits per heavy atom. The molecule has 0 aliphatic heterocycles. The topological polar surface area (TPSA) is 52.9 Å². The number of benzene rings is 1. The Morgan fingerprint density at radius 1 is 1.15 bits per heavy atom. The molecule has 3 nitrogen and oxygen atoms in total. The minimum Gasteiger partial charge on any atom is -0.323 e. The van der Waals surface area contributed by atoms with E-state index in [1.54, 1.807) is 0 Å². The van der Waals surface area contributed by atoms with Crippen molar-refractivity contribution in [3.63, 3.8) is 0 Å². The Balaban J connectivity index is 2.26. The van der Waals surface area contributed by atoms with Crippen LogP contribution in [0.4, 0.5) is 5.69 Å². The molecule has 1 aromatic rings. The molecule has 0 radical (unpaired) electrons. The summed E-state index contributed by atoms with van der Waals surface area (Å²) in [6, 6.07) is 5.96. The van der Waals surface area contributed by atoms with Crippen molar-refractivity contribution in [2.24, 2.45) is 5.41 Å². The number of nitrogens with zero attached hydrogens (tertiary/aromatic N) is 1. The SMILES string of the molecule is N#CC1(C(=O)Nc2c(Br)cc(Br)cc2Br)CCCCC1. The molecule has 0 unspecified atom stereocenters. The predicted octanol–water partition coefficient (Wildman–Crippen LogP) is 5.39. The normalized spacial score (nSPS) is 17.3. The summed E-state index contributed by atoms with van der Waals surface area (Å²) in [5.41, 5.74) is -0.220. The zero-order chi connectivity index (χ0) is 14.8. The molecule has 2 rings (SSSR count). The van der Waals surface area contributed by atoms with Gasteiger partial charge in [0.1, 0.15) is 5.41 Å². The van der Waals surface area contributed by atoms with Gasteiger partial charge in [0.15, 0.2) is 0 Å². The number of anilines is 1. The molecule has 1 amide bonds. The first-order chi connectivity index (χ1) is 9.48. The van der Waals surface area contributed by atoms with Crippen LogP contribution in [0.15, 0.2) is 25.6 Å². The average molecular weight is 465 g/mol. The van der Waals surface area contributed by atoms with E-state index in [1.165, 1.54) is 0 Å². The van der Waals surface area contributed by atoms with Crippen molar-refractivity contribution >= 4 is 59.4 Å². The summed E-state index contributed by atoms with van der Waals surface area (Å²) in [4.78, 5) is 12.5. The minimum atomic E-state index is -0.885. The van der Waals surface area contributed by atoms with E-state index in [2.05, 4.69) is 59.2 Å². The molecule has 0 bridgehead atoms. The fraction of sp³-hybridized carbons (Fsp3) is 0.429. The summed E-state index contributed by atoms with van der Waals surface area (Å²) in [6.45, 7) is 0. The number of nitriles is 1. The standard InChI is InChI=1S/C14H13Br3N2O/c15-9-6-10(16)12(11(17)7-9)19-13(20)14(8-18)4-2-1-3-5-14/h6-7H,1-5H2,(H,19,20). The van der Waals surface area contributed by atoms with Gasteiger partial charge in [0.25, 0.3) is 0 Å². The van der Waals surface area contributed by atoms with Crippen LogP contribution in [0.3, 0.4) is 0 Å². The second kappa shape index (κ2) is 6.59. The molecule has 1 aliphatic carbocycles. The van der Waals surface area contributed by atoms with Gasteiger partial charge in [-0.3, -0.25) is 4.79 Å². The van der Waals surface area contributed by atoms with E-state index in [9.17, 15) is 10.1 Å². The highest BCUT2D eigenvalue weighted by atomic mass is 79.9. The number of carbonyl (C=O) groups excluding carboxylic acids is 1. The zero-order valence-corrected chi connectivity index (χ0v) is 15.4. The third-order valence-corrected chi connectivity index (χ3v) is 5.31. The Morgan fingerprint density at radius 2 is 1.70 bits per heavy atom. The van der Waals surface area contributed by atoms with E-state index in [1.807, 2.05) is 12.1 Å². The van der Waals surface area contributed by atoms with Crippen LogP contribution < -0.4 is 5.32 Å². The van der Waals surface area contributed by atoms with Crippen molar-refractivity contribution in [1.82, 2.24) is 0 Å². The van der Waals surface area contributed by atoms with Gasteiger partial charge < -0.3 is 5.32 Å². The first-order valence-electron chi connectivity index (χ1n) is 6.36. The monoisotopic (exact) mass is 462 g/mol. The quantitative estimate of drug-likeness (QED) is 0.638. The van der Waals surface area contributed by atoms with Gasteiger partial charge >= 0.3 is 0 Å². The molecule has 20 heavy (non-hydrogen) atoms. The number of nitrogens with one attached hydrogen (secondary N) is 1. The Bertz CT molecular complexity index is 551.